The molecular formula is C32H25B2F4N4-. The molecule has 4 heterocycles. The molecule has 3 aromatic carbocycles. The summed E-state index contributed by atoms with van der Waals surface area (Å²) in [7, 11) is -6.11. The molecular weight excluding hydrogens is 538 g/mol. The number of aromatic amines is 1. The maximum absolute atomic E-state index is 14.5. The Bertz CT molecular complexity index is 2540. The van der Waals surface area contributed by atoms with Gasteiger partial charge < -0.3 is 31.2 Å². The van der Waals surface area contributed by atoms with Crippen molar-refractivity contribution in [2.24, 2.45) is 4.99 Å². The number of nitrogens with one attached hydrogen (secondary N) is 1. The summed E-state index contributed by atoms with van der Waals surface area (Å²) in [5.41, 5.74) is 2.68. The van der Waals surface area contributed by atoms with Crippen LogP contribution >= 0.6 is 0 Å². The number of aliphatic imine (C=N–C) groups is 1. The van der Waals surface area contributed by atoms with E-state index in [1.165, 1.54) is 26.0 Å². The highest BCUT2D eigenvalue weighted by Gasteiger charge is 2.33. The van der Waals surface area contributed by atoms with Gasteiger partial charge in [0.1, 0.15) is 5.71 Å². The largest absolute Gasteiger partial charge is 0.609 e. The number of rotatable bonds is 4. The van der Waals surface area contributed by atoms with Crippen LogP contribution in [0.2, 0.25) is 0 Å². The van der Waals surface area contributed by atoms with Crippen LogP contribution in [0.4, 0.5) is 17.3 Å². The molecule has 2 aliphatic rings. The second kappa shape index (κ2) is 9.48. The predicted molar refractivity (Wildman–Crippen MR) is 165 cm³/mol. The van der Waals surface area contributed by atoms with Crippen molar-refractivity contribution >= 4 is 71.3 Å². The van der Waals surface area contributed by atoms with E-state index in [0.717, 1.165) is 0 Å². The molecule has 10 heteroatoms. The molecule has 0 saturated carbocycles. The molecule has 7 rings (SSSR count). The van der Waals surface area contributed by atoms with E-state index in [4.69, 9.17) is 11.0 Å². The highest BCUT2D eigenvalue weighted by Crippen LogP contribution is 2.39. The van der Waals surface area contributed by atoms with E-state index in [1.807, 2.05) is 0 Å². The summed E-state index contributed by atoms with van der Waals surface area (Å²) in [6, 6.07) is -0.324. The van der Waals surface area contributed by atoms with Crippen LogP contribution in [0, 0.1) is 13.8 Å². The minimum atomic E-state index is -3.06. The van der Waals surface area contributed by atoms with Gasteiger partial charge in [-0.05, 0) is 62.1 Å². The molecule has 42 heavy (non-hydrogen) atoms. The summed E-state index contributed by atoms with van der Waals surface area (Å²) in [5, 5.41) is 1.18. The molecule has 1 N–H and O–H groups in total. The monoisotopic (exact) mass is 571 g/mol. The van der Waals surface area contributed by atoms with Crippen molar-refractivity contribution in [2.75, 3.05) is 0 Å². The molecule has 4 nitrogen and oxygen atoms in total. The van der Waals surface area contributed by atoms with Crippen molar-refractivity contribution in [1.82, 2.24) is 9.46 Å². The normalized spacial score (nSPS) is 19.3. The molecule has 2 aromatic heterocycles. The number of aryl methyl sites for hydroxylation is 2. The fourth-order valence-electron chi connectivity index (χ4n) is 5.95. The first-order valence-corrected chi connectivity index (χ1v) is 13.0. The van der Waals surface area contributed by atoms with Gasteiger partial charge in [-0.25, -0.2) is 0 Å². The number of benzene rings is 3. The molecule has 0 aliphatic carbocycles. The molecule has 0 unspecified atom stereocenters. The fourth-order valence-corrected chi connectivity index (χ4v) is 5.95. The summed E-state index contributed by atoms with van der Waals surface area (Å²) in [6.45, 7) is 6.23. The molecule has 0 bridgehead atoms. The van der Waals surface area contributed by atoms with Crippen LogP contribution in [-0.4, -0.2) is 40.2 Å². The van der Waals surface area contributed by atoms with E-state index in [1.54, 1.807) is 26.0 Å². The zero-order valence-electron chi connectivity index (χ0n) is 30.8. The van der Waals surface area contributed by atoms with Crippen molar-refractivity contribution in [3.63, 3.8) is 0 Å². The number of fused-ring (bicyclic) bond motifs is 4. The highest BCUT2D eigenvalue weighted by molar-refractivity contribution is 6.42. The van der Waals surface area contributed by atoms with Crippen molar-refractivity contribution in [2.45, 2.75) is 27.7 Å². The van der Waals surface area contributed by atoms with Crippen LogP contribution in [0.3, 0.4) is 0 Å². The average molecular weight is 571 g/mol. The standard InChI is InChI=1S/C32H25B2F4N4/c1-17-25-13-28-26(18(2)40-30(28)16-32-24-12-8-6-10-22(24)20(4)42(32)34(37)38)14-27(25)29(39-17)15-31-23-11-7-5-9-21(23)19(3)41(31)33(35)36/h5-16,39H,1-4H3/q-1/b30-16-,31-15-/i5D,6D,7D,8D,9D,10D,11D,12D. The summed E-state index contributed by atoms with van der Waals surface area (Å²) in [4.78, 5) is 7.85. The highest BCUT2D eigenvalue weighted by atomic mass is 19.2. The lowest BCUT2D eigenvalue weighted by molar-refractivity contribution is -0.296. The van der Waals surface area contributed by atoms with Gasteiger partial charge in [0.2, 0.25) is 0 Å². The topological polar surface area (TPSA) is 36.1 Å². The molecule has 0 amide bonds. The van der Waals surface area contributed by atoms with Gasteiger partial charge in [0, 0.05) is 62.9 Å². The van der Waals surface area contributed by atoms with Gasteiger partial charge in [-0.3, -0.25) is 4.99 Å². The van der Waals surface area contributed by atoms with Crippen LogP contribution in [0.15, 0.2) is 65.5 Å². The first kappa shape index (κ1) is 18.8. The first-order chi connectivity index (χ1) is 23.5. The lowest BCUT2D eigenvalue weighted by Gasteiger charge is -2.18. The van der Waals surface area contributed by atoms with Crippen LogP contribution in [0.5, 0.6) is 0 Å². The van der Waals surface area contributed by atoms with E-state index in [9.17, 15) is 17.3 Å². The van der Waals surface area contributed by atoms with E-state index in [0.29, 0.717) is 48.0 Å². The summed E-state index contributed by atoms with van der Waals surface area (Å²) in [6.07, 6.45) is 2.81. The Hall–Kier alpha value is -4.59. The summed E-state index contributed by atoms with van der Waals surface area (Å²) < 4.78 is 126. The summed E-state index contributed by atoms with van der Waals surface area (Å²) in [5.74, 6) is 0. The first-order valence-electron chi connectivity index (χ1n) is 17.0. The van der Waals surface area contributed by atoms with Gasteiger partial charge in [-0.15, -0.1) is 0 Å². The van der Waals surface area contributed by atoms with Gasteiger partial charge in [0.05, 0.1) is 27.9 Å². The quantitative estimate of drug-likeness (QED) is 0.167. The van der Waals surface area contributed by atoms with Gasteiger partial charge in [-0.1, -0.05) is 36.3 Å². The van der Waals surface area contributed by atoms with Gasteiger partial charge >= 0.3 is 14.8 Å². The number of nitrogens with zero attached hydrogens (tertiary/aromatic N) is 3. The third-order valence-electron chi connectivity index (χ3n) is 7.93. The van der Waals surface area contributed by atoms with Gasteiger partial charge in [0.25, 0.3) is 0 Å². The molecule has 0 fully saturated rings. The Morgan fingerprint density at radius 3 is 2.19 bits per heavy atom. The zero-order chi connectivity index (χ0) is 36.4. The zero-order valence-corrected chi connectivity index (χ0v) is 22.8. The fraction of sp³-hybridized carbons (Fsp3) is 0.125. The van der Waals surface area contributed by atoms with E-state index in [-0.39, 0.29) is 50.4 Å². The smallest absolute Gasteiger partial charge is 0.488 e. The number of hydrogen-bond donors (Lipinski definition) is 1. The average Bonchev–Trinajstić information content (AvgIpc) is 3.73. The molecule has 0 saturated heterocycles. The molecule has 208 valence electrons. The Labute approximate surface area is 252 Å². The van der Waals surface area contributed by atoms with E-state index >= 15 is 0 Å². The maximum Gasteiger partial charge on any atom is 0.609 e. The molecule has 5 aromatic rings. The van der Waals surface area contributed by atoms with Crippen LogP contribution in [0.25, 0.3) is 45.1 Å². The number of hydrogen-bond acceptors (Lipinski definition) is 1. The van der Waals surface area contributed by atoms with Crippen LogP contribution < -0.4 is 0 Å². The van der Waals surface area contributed by atoms with Crippen LogP contribution in [0.1, 0.15) is 69.8 Å². The van der Waals surface area contributed by atoms with Crippen molar-refractivity contribution in [3.05, 3.63) is 106 Å². The lowest BCUT2D eigenvalue weighted by Crippen LogP contribution is -2.22. The molecule has 0 spiro atoms. The van der Waals surface area contributed by atoms with Gasteiger partial charge in [0.15, 0.2) is 5.70 Å². The van der Waals surface area contributed by atoms with E-state index in [2.05, 4.69) is 9.98 Å². The minimum absolute atomic E-state index is 0.00467. The number of aromatic nitrogens is 2. The number of halogens is 4. The Morgan fingerprint density at radius 2 is 1.48 bits per heavy atom. The SMILES string of the molecule is [2H]c1c([2H])c([2H])c2c(c1[2H])C(C)=[N+]([B-](F)F)/C2=C\c1[nH]c(C)c2cc3c(cc12)C(C)=N/C3=C\c1c2c([2H])c([2H])c([2H])c([2H])c2c(C)n1[B-](F)F. The maximum atomic E-state index is 14.5. The Morgan fingerprint density at radius 1 is 0.810 bits per heavy atom. The lowest BCUT2D eigenvalue weighted by atomic mass is 9.98. The van der Waals surface area contributed by atoms with Crippen molar-refractivity contribution in [1.29, 1.82) is 0 Å². The Balaban J connectivity index is 1.45. The molecule has 2 aliphatic heterocycles. The third-order valence-corrected chi connectivity index (χ3v) is 7.93. The second-order valence-corrected chi connectivity index (χ2v) is 10.2. The predicted octanol–water partition coefficient (Wildman–Crippen LogP) is 8.09. The van der Waals surface area contributed by atoms with Crippen molar-refractivity contribution in [3.8, 4) is 0 Å². The second-order valence-electron chi connectivity index (χ2n) is 10.2. The van der Waals surface area contributed by atoms with Crippen LogP contribution in [-0.2, 0) is 0 Å². The minimum Gasteiger partial charge on any atom is -0.488 e. The molecule has 0 atom stereocenters. The third kappa shape index (κ3) is 3.77. The van der Waals surface area contributed by atoms with Crippen molar-refractivity contribution < 1.29 is 32.7 Å². The van der Waals surface area contributed by atoms with E-state index < -0.39 is 63.1 Å². The van der Waals surface area contributed by atoms with Gasteiger partial charge in [-0.2, -0.15) is 0 Å². The summed E-state index contributed by atoms with van der Waals surface area (Å²) >= 11 is 0. The Kier molecular flexibility index (Phi) is 4.23. The molecule has 2 radical (unpaired) electrons. The number of H-pyrrole nitrogens is 1.